The van der Waals surface area contributed by atoms with Gasteiger partial charge in [0.2, 0.25) is 11.8 Å². The summed E-state index contributed by atoms with van der Waals surface area (Å²) >= 11 is 0. The van der Waals surface area contributed by atoms with Gasteiger partial charge in [-0.25, -0.2) is 8.78 Å². The molecule has 176 valence electrons. The summed E-state index contributed by atoms with van der Waals surface area (Å²) in [5, 5.41) is 2.91. The Labute approximate surface area is 193 Å². The number of carbonyl (C=O) groups is 2. The third-order valence-corrected chi connectivity index (χ3v) is 6.39. The number of hydrogen-bond donors (Lipinski definition) is 1. The van der Waals surface area contributed by atoms with Crippen LogP contribution in [0.4, 0.5) is 20.2 Å². The Kier molecular flexibility index (Phi) is 7.23. The van der Waals surface area contributed by atoms with Crippen molar-refractivity contribution in [3.05, 3.63) is 59.7 Å². The molecule has 1 unspecified atom stereocenters. The molecule has 2 heterocycles. The lowest BCUT2D eigenvalue weighted by molar-refractivity contribution is -0.126. The molecule has 0 aromatic heterocycles. The van der Waals surface area contributed by atoms with Crippen LogP contribution in [0.5, 0.6) is 0 Å². The van der Waals surface area contributed by atoms with Gasteiger partial charge in [0.1, 0.15) is 11.6 Å². The SMILES string of the molecule is Cc1cccc(N2CCN(CCCNC(=O)C3CC(=O)N(c4ccc(F)cc4F)C3)CC2)c1. The number of carbonyl (C=O) groups excluding carboxylic acids is 2. The van der Waals surface area contributed by atoms with E-state index in [1.807, 2.05) is 0 Å². The van der Waals surface area contributed by atoms with Gasteiger partial charge in [-0.1, -0.05) is 12.1 Å². The van der Waals surface area contributed by atoms with Crippen LogP contribution in [-0.2, 0) is 9.59 Å². The molecular formula is C25H30F2N4O2. The fourth-order valence-corrected chi connectivity index (χ4v) is 4.53. The average Bonchev–Trinajstić information content (AvgIpc) is 3.18. The second-order valence-electron chi connectivity index (χ2n) is 8.81. The molecule has 2 aromatic carbocycles. The molecule has 2 aliphatic heterocycles. The molecule has 2 aromatic rings. The van der Waals surface area contributed by atoms with E-state index >= 15 is 0 Å². The first kappa shape index (κ1) is 23.2. The smallest absolute Gasteiger partial charge is 0.227 e. The molecule has 0 spiro atoms. The number of anilines is 2. The van der Waals surface area contributed by atoms with Crippen molar-refractivity contribution in [2.24, 2.45) is 5.92 Å². The van der Waals surface area contributed by atoms with E-state index in [0.717, 1.165) is 51.3 Å². The second-order valence-corrected chi connectivity index (χ2v) is 8.81. The van der Waals surface area contributed by atoms with E-state index < -0.39 is 17.6 Å². The molecule has 1 atom stereocenters. The Hall–Kier alpha value is -3.00. The van der Waals surface area contributed by atoms with E-state index in [2.05, 4.69) is 46.3 Å². The van der Waals surface area contributed by atoms with Crippen LogP contribution in [0.25, 0.3) is 0 Å². The van der Waals surface area contributed by atoms with Crippen LogP contribution in [0.15, 0.2) is 42.5 Å². The molecule has 2 aliphatic rings. The second kappa shape index (κ2) is 10.3. The number of nitrogens with one attached hydrogen (secondary N) is 1. The topological polar surface area (TPSA) is 55.9 Å². The van der Waals surface area contributed by atoms with Gasteiger partial charge in [0, 0.05) is 57.4 Å². The van der Waals surface area contributed by atoms with Gasteiger partial charge in [-0.15, -0.1) is 0 Å². The highest BCUT2D eigenvalue weighted by Crippen LogP contribution is 2.28. The molecule has 0 bridgehead atoms. The van der Waals surface area contributed by atoms with Crippen molar-refractivity contribution in [2.75, 3.05) is 55.6 Å². The van der Waals surface area contributed by atoms with E-state index in [9.17, 15) is 18.4 Å². The maximum absolute atomic E-state index is 14.0. The average molecular weight is 457 g/mol. The summed E-state index contributed by atoms with van der Waals surface area (Å²) in [6.07, 6.45) is 0.858. The summed E-state index contributed by atoms with van der Waals surface area (Å²) in [6.45, 7) is 7.58. The van der Waals surface area contributed by atoms with E-state index in [1.54, 1.807) is 0 Å². The molecule has 1 N–H and O–H groups in total. The van der Waals surface area contributed by atoms with Crippen molar-refractivity contribution in [2.45, 2.75) is 19.8 Å². The molecular weight excluding hydrogens is 426 g/mol. The van der Waals surface area contributed by atoms with Crippen molar-refractivity contribution < 1.29 is 18.4 Å². The van der Waals surface area contributed by atoms with E-state index in [4.69, 9.17) is 0 Å². The number of aryl methyl sites for hydroxylation is 1. The summed E-state index contributed by atoms with van der Waals surface area (Å²) in [5.41, 5.74) is 2.55. The standard InChI is InChI=1S/C25H30F2N4O2/c1-18-4-2-5-21(14-18)30-12-10-29(11-13-30)9-3-8-28-25(33)19-15-24(32)31(17-19)23-7-6-20(26)16-22(23)27/h2,4-7,14,16,19H,3,8-13,15,17H2,1H3,(H,28,33). The number of halogens is 2. The maximum atomic E-state index is 14.0. The van der Waals surface area contributed by atoms with Gasteiger partial charge in [0.15, 0.2) is 0 Å². The summed E-state index contributed by atoms with van der Waals surface area (Å²) in [4.78, 5) is 30.8. The highest BCUT2D eigenvalue weighted by atomic mass is 19.1. The van der Waals surface area contributed by atoms with Gasteiger partial charge in [-0.05, 0) is 49.7 Å². The van der Waals surface area contributed by atoms with Gasteiger partial charge in [-0.3, -0.25) is 14.5 Å². The van der Waals surface area contributed by atoms with E-state index in [-0.39, 0.29) is 30.5 Å². The summed E-state index contributed by atoms with van der Waals surface area (Å²) in [7, 11) is 0. The third-order valence-electron chi connectivity index (χ3n) is 6.39. The van der Waals surface area contributed by atoms with Crippen LogP contribution in [0.1, 0.15) is 18.4 Å². The predicted octanol–water partition coefficient (Wildman–Crippen LogP) is 2.95. The van der Waals surface area contributed by atoms with E-state index in [0.29, 0.717) is 6.54 Å². The fourth-order valence-electron chi connectivity index (χ4n) is 4.53. The molecule has 2 saturated heterocycles. The van der Waals surface area contributed by atoms with Crippen LogP contribution >= 0.6 is 0 Å². The lowest BCUT2D eigenvalue weighted by Gasteiger charge is -2.36. The van der Waals surface area contributed by atoms with Crippen molar-refractivity contribution >= 4 is 23.2 Å². The summed E-state index contributed by atoms with van der Waals surface area (Å²) < 4.78 is 27.2. The zero-order valence-corrected chi connectivity index (χ0v) is 18.9. The Bertz CT molecular complexity index is 1010. The van der Waals surface area contributed by atoms with Gasteiger partial charge in [0.05, 0.1) is 11.6 Å². The fraction of sp³-hybridized carbons (Fsp3) is 0.440. The van der Waals surface area contributed by atoms with Gasteiger partial charge < -0.3 is 15.1 Å². The molecule has 8 heteroatoms. The van der Waals surface area contributed by atoms with Crippen LogP contribution in [0.3, 0.4) is 0 Å². The van der Waals surface area contributed by atoms with Crippen LogP contribution in [-0.4, -0.2) is 62.5 Å². The molecule has 33 heavy (non-hydrogen) atoms. The number of hydrogen-bond acceptors (Lipinski definition) is 4. The number of nitrogens with zero attached hydrogens (tertiary/aromatic N) is 3. The Morgan fingerprint density at radius 3 is 2.61 bits per heavy atom. The van der Waals surface area contributed by atoms with Crippen molar-refractivity contribution in [3.8, 4) is 0 Å². The lowest BCUT2D eigenvalue weighted by Crippen LogP contribution is -2.47. The first-order chi connectivity index (χ1) is 15.9. The zero-order valence-electron chi connectivity index (χ0n) is 18.9. The van der Waals surface area contributed by atoms with Crippen LogP contribution in [0.2, 0.25) is 0 Å². The number of rotatable bonds is 7. The Morgan fingerprint density at radius 1 is 1.09 bits per heavy atom. The normalized spacial score (nSPS) is 19.2. The number of benzene rings is 2. The Balaban J connectivity index is 1.17. The number of piperazine rings is 1. The van der Waals surface area contributed by atoms with E-state index in [1.165, 1.54) is 22.2 Å². The summed E-state index contributed by atoms with van der Waals surface area (Å²) in [5.74, 6) is -2.55. The quantitative estimate of drug-likeness (QED) is 0.651. The molecule has 4 rings (SSSR count). The molecule has 0 radical (unpaired) electrons. The van der Waals surface area contributed by atoms with Crippen LogP contribution in [0, 0.1) is 24.5 Å². The zero-order chi connectivity index (χ0) is 23.4. The summed E-state index contributed by atoms with van der Waals surface area (Å²) in [6, 6.07) is 11.7. The first-order valence-electron chi connectivity index (χ1n) is 11.5. The molecule has 2 fully saturated rings. The maximum Gasteiger partial charge on any atom is 0.227 e. The third kappa shape index (κ3) is 5.68. The highest BCUT2D eigenvalue weighted by molar-refractivity contribution is 6.00. The minimum atomic E-state index is -0.799. The predicted molar refractivity (Wildman–Crippen MR) is 124 cm³/mol. The van der Waals surface area contributed by atoms with Crippen molar-refractivity contribution in [1.29, 1.82) is 0 Å². The minimum absolute atomic E-state index is 0.0153. The highest BCUT2D eigenvalue weighted by Gasteiger charge is 2.36. The minimum Gasteiger partial charge on any atom is -0.369 e. The van der Waals surface area contributed by atoms with Crippen molar-refractivity contribution in [3.63, 3.8) is 0 Å². The van der Waals surface area contributed by atoms with Gasteiger partial charge in [-0.2, -0.15) is 0 Å². The van der Waals surface area contributed by atoms with Crippen LogP contribution < -0.4 is 15.1 Å². The molecule has 2 amide bonds. The van der Waals surface area contributed by atoms with Gasteiger partial charge >= 0.3 is 0 Å². The number of amides is 2. The lowest BCUT2D eigenvalue weighted by atomic mass is 10.1. The van der Waals surface area contributed by atoms with Gasteiger partial charge in [0.25, 0.3) is 0 Å². The van der Waals surface area contributed by atoms with Crippen molar-refractivity contribution in [1.82, 2.24) is 10.2 Å². The molecule has 0 aliphatic carbocycles. The first-order valence-corrected chi connectivity index (χ1v) is 11.5. The largest absolute Gasteiger partial charge is 0.369 e. The molecule has 6 nitrogen and oxygen atoms in total. The monoisotopic (exact) mass is 456 g/mol. The molecule has 0 saturated carbocycles. The Morgan fingerprint density at radius 2 is 1.88 bits per heavy atom.